The summed E-state index contributed by atoms with van der Waals surface area (Å²) in [6, 6.07) is 15.0. The Morgan fingerprint density at radius 3 is 2.54 bits per heavy atom. The Hall–Kier alpha value is -3.57. The van der Waals surface area contributed by atoms with Gasteiger partial charge in [0.25, 0.3) is 0 Å². The molecule has 0 saturated carbocycles. The molecule has 3 rings (SSSR count). The Morgan fingerprint density at radius 2 is 1.79 bits per heavy atom. The van der Waals surface area contributed by atoms with Gasteiger partial charge < -0.3 is 8.83 Å². The molecule has 0 amide bonds. The van der Waals surface area contributed by atoms with Crippen LogP contribution < -0.4 is 0 Å². The van der Waals surface area contributed by atoms with E-state index in [0.717, 1.165) is 11.1 Å². The Kier molecular flexibility index (Phi) is 4.01. The van der Waals surface area contributed by atoms with Crippen LogP contribution >= 0.6 is 0 Å². The molecule has 0 aliphatic rings. The fraction of sp³-hybridized carbons (Fsp3) is 0.105. The predicted molar refractivity (Wildman–Crippen MR) is 89.0 cm³/mol. The average Bonchev–Trinajstić information content (AvgIpc) is 3.18. The van der Waals surface area contributed by atoms with Gasteiger partial charge in [-0.3, -0.25) is 0 Å². The van der Waals surface area contributed by atoms with Crippen LogP contribution in [0.1, 0.15) is 28.2 Å². The number of nitrogens with zero attached hydrogens (tertiary/aromatic N) is 3. The van der Waals surface area contributed by atoms with E-state index in [-0.39, 0.29) is 5.88 Å². The van der Waals surface area contributed by atoms with Crippen LogP contribution in [0.25, 0.3) is 11.3 Å². The molecule has 3 aromatic rings. The minimum atomic E-state index is 0.267. The summed E-state index contributed by atoms with van der Waals surface area (Å²) in [5.74, 6) is 2.03. The lowest BCUT2D eigenvalue weighted by Crippen LogP contribution is -1.81. The van der Waals surface area contributed by atoms with E-state index < -0.39 is 0 Å². The number of nitriles is 2. The number of benzene rings is 1. The second-order valence-corrected chi connectivity index (χ2v) is 5.19. The molecule has 0 unspecified atom stereocenters. The monoisotopic (exact) mass is 315 g/mol. The molecule has 2 heterocycles. The van der Waals surface area contributed by atoms with E-state index in [2.05, 4.69) is 17.1 Å². The third kappa shape index (κ3) is 2.71. The van der Waals surface area contributed by atoms with Crippen molar-refractivity contribution in [2.45, 2.75) is 13.8 Å². The zero-order valence-corrected chi connectivity index (χ0v) is 13.2. The first-order chi connectivity index (χ1) is 11.6. The van der Waals surface area contributed by atoms with Gasteiger partial charge in [-0.05, 0) is 38.1 Å². The van der Waals surface area contributed by atoms with Crippen LogP contribution in [0.15, 0.2) is 50.2 Å². The maximum Gasteiger partial charge on any atom is 0.237 e. The van der Waals surface area contributed by atoms with Crippen LogP contribution in [0.5, 0.6) is 0 Å². The zero-order chi connectivity index (χ0) is 17.1. The van der Waals surface area contributed by atoms with Gasteiger partial charge >= 0.3 is 0 Å². The molecule has 1 aromatic carbocycles. The molecular weight excluding hydrogens is 302 g/mol. The van der Waals surface area contributed by atoms with Gasteiger partial charge in [-0.15, -0.1) is 0 Å². The molecule has 0 N–H and O–H groups in total. The summed E-state index contributed by atoms with van der Waals surface area (Å²) in [7, 11) is 0. The molecule has 0 radical (unpaired) electrons. The number of furan rings is 2. The minimum Gasteiger partial charge on any atom is -0.455 e. The second kappa shape index (κ2) is 6.28. The molecule has 0 spiro atoms. The SMILES string of the molecule is Cc1oc(/N=C/c2ccc(-c3ccccc3C#N)o2)c(C#N)c1C. The summed E-state index contributed by atoms with van der Waals surface area (Å²) in [6.45, 7) is 3.61. The van der Waals surface area contributed by atoms with E-state index in [9.17, 15) is 5.26 Å². The van der Waals surface area contributed by atoms with Crippen molar-refractivity contribution in [2.24, 2.45) is 4.99 Å². The van der Waals surface area contributed by atoms with Crippen molar-refractivity contribution in [1.29, 1.82) is 10.5 Å². The minimum absolute atomic E-state index is 0.267. The van der Waals surface area contributed by atoms with Gasteiger partial charge in [-0.1, -0.05) is 12.1 Å². The highest BCUT2D eigenvalue weighted by molar-refractivity contribution is 5.80. The zero-order valence-electron chi connectivity index (χ0n) is 13.2. The highest BCUT2D eigenvalue weighted by Crippen LogP contribution is 2.28. The quantitative estimate of drug-likeness (QED) is 0.658. The Morgan fingerprint density at radius 1 is 1.00 bits per heavy atom. The molecule has 0 aliphatic heterocycles. The molecule has 0 fully saturated rings. The third-order valence-electron chi connectivity index (χ3n) is 3.73. The largest absolute Gasteiger partial charge is 0.455 e. The summed E-state index contributed by atoms with van der Waals surface area (Å²) in [5, 5.41) is 18.3. The molecule has 24 heavy (non-hydrogen) atoms. The van der Waals surface area contributed by atoms with Gasteiger partial charge in [-0.25, -0.2) is 4.99 Å². The van der Waals surface area contributed by atoms with Gasteiger partial charge in [0.2, 0.25) is 5.88 Å². The van der Waals surface area contributed by atoms with E-state index in [1.54, 1.807) is 31.2 Å². The Balaban J connectivity index is 1.92. The lowest BCUT2D eigenvalue weighted by Gasteiger charge is -1.98. The highest BCUT2D eigenvalue weighted by Gasteiger charge is 2.13. The van der Waals surface area contributed by atoms with Gasteiger partial charge in [0.1, 0.15) is 28.9 Å². The summed E-state index contributed by atoms with van der Waals surface area (Å²) in [5.41, 5.74) is 2.47. The fourth-order valence-corrected chi connectivity index (χ4v) is 2.32. The summed E-state index contributed by atoms with van der Waals surface area (Å²) in [4.78, 5) is 4.21. The normalized spacial score (nSPS) is 10.7. The Labute approximate surface area is 139 Å². The summed E-state index contributed by atoms with van der Waals surface area (Å²) < 4.78 is 11.2. The van der Waals surface area contributed by atoms with Crippen molar-refractivity contribution in [1.82, 2.24) is 0 Å². The maximum atomic E-state index is 9.18. The van der Waals surface area contributed by atoms with Crippen molar-refractivity contribution in [3.63, 3.8) is 0 Å². The molecule has 116 valence electrons. The van der Waals surface area contributed by atoms with Crippen LogP contribution in [-0.2, 0) is 0 Å². The molecule has 2 aromatic heterocycles. The van der Waals surface area contributed by atoms with Crippen molar-refractivity contribution in [3.05, 3.63) is 64.6 Å². The van der Waals surface area contributed by atoms with Gasteiger partial charge in [0.05, 0.1) is 17.8 Å². The summed E-state index contributed by atoms with van der Waals surface area (Å²) in [6.07, 6.45) is 1.50. The maximum absolute atomic E-state index is 9.18. The van der Waals surface area contributed by atoms with Crippen LogP contribution in [0.2, 0.25) is 0 Å². The third-order valence-corrected chi connectivity index (χ3v) is 3.73. The number of aliphatic imine (C=N–C) groups is 1. The smallest absolute Gasteiger partial charge is 0.237 e. The molecule has 5 nitrogen and oxygen atoms in total. The van der Waals surface area contributed by atoms with Crippen LogP contribution in [0, 0.1) is 36.5 Å². The number of hydrogen-bond acceptors (Lipinski definition) is 5. The first kappa shape index (κ1) is 15.3. The fourth-order valence-electron chi connectivity index (χ4n) is 2.32. The first-order valence-electron chi connectivity index (χ1n) is 7.27. The lowest BCUT2D eigenvalue weighted by molar-refractivity contribution is 0.540. The topological polar surface area (TPSA) is 86.2 Å². The van der Waals surface area contributed by atoms with Gasteiger partial charge in [-0.2, -0.15) is 10.5 Å². The predicted octanol–water partition coefficient (Wildman–Crippen LogP) is 4.65. The highest BCUT2D eigenvalue weighted by atomic mass is 16.4. The first-order valence-corrected chi connectivity index (χ1v) is 7.27. The molecule has 5 heteroatoms. The number of aryl methyl sites for hydroxylation is 1. The van der Waals surface area contributed by atoms with Crippen LogP contribution in [-0.4, -0.2) is 6.21 Å². The molecular formula is C19H13N3O2. The average molecular weight is 315 g/mol. The van der Waals surface area contributed by atoms with E-state index in [0.29, 0.717) is 28.4 Å². The van der Waals surface area contributed by atoms with E-state index in [4.69, 9.17) is 14.1 Å². The summed E-state index contributed by atoms with van der Waals surface area (Å²) >= 11 is 0. The van der Waals surface area contributed by atoms with Crippen molar-refractivity contribution >= 4 is 12.1 Å². The van der Waals surface area contributed by atoms with Gasteiger partial charge in [0, 0.05) is 11.1 Å². The second-order valence-electron chi connectivity index (χ2n) is 5.19. The lowest BCUT2D eigenvalue weighted by atomic mass is 10.1. The number of rotatable bonds is 3. The van der Waals surface area contributed by atoms with Crippen LogP contribution in [0.4, 0.5) is 5.88 Å². The van der Waals surface area contributed by atoms with E-state index in [1.807, 2.05) is 19.1 Å². The molecule has 0 atom stereocenters. The van der Waals surface area contributed by atoms with Crippen molar-refractivity contribution < 1.29 is 8.83 Å². The van der Waals surface area contributed by atoms with Crippen molar-refractivity contribution in [2.75, 3.05) is 0 Å². The standard InChI is InChI=1S/C19H13N3O2/c1-12-13(2)23-19(17(12)10-21)22-11-15-7-8-18(24-15)16-6-4-3-5-14(16)9-20/h3-8,11H,1-2H3/b22-11+. The van der Waals surface area contributed by atoms with Crippen LogP contribution in [0.3, 0.4) is 0 Å². The van der Waals surface area contributed by atoms with E-state index >= 15 is 0 Å². The molecule has 0 saturated heterocycles. The van der Waals surface area contributed by atoms with Gasteiger partial charge in [0.15, 0.2) is 0 Å². The number of hydrogen-bond donors (Lipinski definition) is 0. The Bertz CT molecular complexity index is 1010. The molecule has 0 aliphatic carbocycles. The van der Waals surface area contributed by atoms with Crippen molar-refractivity contribution in [3.8, 4) is 23.5 Å². The molecule has 0 bridgehead atoms. The van der Waals surface area contributed by atoms with E-state index in [1.165, 1.54) is 6.21 Å².